The lowest BCUT2D eigenvalue weighted by Gasteiger charge is -2.08. The smallest absolute Gasteiger partial charge is 0.293 e. The van der Waals surface area contributed by atoms with Gasteiger partial charge in [0.2, 0.25) is 0 Å². The molecule has 0 aliphatic rings. The van der Waals surface area contributed by atoms with Gasteiger partial charge in [-0.05, 0) is 13.8 Å². The van der Waals surface area contributed by atoms with Gasteiger partial charge in [0.05, 0.1) is 0 Å². The summed E-state index contributed by atoms with van der Waals surface area (Å²) in [7, 11) is -3.61. The highest BCUT2D eigenvalue weighted by atomic mass is 32.2. The number of thiazole rings is 1. The Hall–Kier alpha value is -0.990. The van der Waals surface area contributed by atoms with Crippen LogP contribution in [0.3, 0.4) is 0 Å². The number of carbonyl (C=O) groups excluding carboxylic acids is 1. The second-order valence-electron chi connectivity index (χ2n) is 3.47. The molecular weight excluding hydrogens is 250 g/mol. The van der Waals surface area contributed by atoms with E-state index in [0.29, 0.717) is 0 Å². The van der Waals surface area contributed by atoms with E-state index < -0.39 is 10.2 Å². The molecule has 1 heterocycles. The molecule has 0 saturated carbocycles. The largest absolute Gasteiger partial charge is 0.301 e. The van der Waals surface area contributed by atoms with Crippen LogP contribution in [-0.4, -0.2) is 25.2 Å². The van der Waals surface area contributed by atoms with E-state index >= 15 is 0 Å². The molecule has 90 valence electrons. The van der Waals surface area contributed by atoms with Crippen molar-refractivity contribution in [2.24, 2.45) is 0 Å². The predicted octanol–water partition coefficient (Wildman–Crippen LogP) is 1.00. The summed E-state index contributed by atoms with van der Waals surface area (Å²) < 4.78 is 27.5. The molecule has 0 amide bonds. The minimum atomic E-state index is -3.61. The zero-order valence-corrected chi connectivity index (χ0v) is 10.8. The number of hydrogen-bond acceptors (Lipinski definition) is 5. The molecule has 0 saturated heterocycles. The van der Waals surface area contributed by atoms with E-state index in [4.69, 9.17) is 0 Å². The van der Waals surface area contributed by atoms with Gasteiger partial charge in [-0.2, -0.15) is 13.1 Å². The molecule has 0 bridgehead atoms. The first-order valence-corrected chi connectivity index (χ1v) is 6.93. The molecule has 0 fully saturated rings. The van der Waals surface area contributed by atoms with Crippen LogP contribution in [-0.2, 0) is 10.2 Å². The molecule has 0 unspecified atom stereocenters. The van der Waals surface area contributed by atoms with E-state index in [1.807, 2.05) is 0 Å². The zero-order chi connectivity index (χ0) is 12.3. The first-order chi connectivity index (χ1) is 7.30. The average Bonchev–Trinajstić information content (AvgIpc) is 2.48. The van der Waals surface area contributed by atoms with Crippen LogP contribution in [0, 0.1) is 0 Å². The van der Waals surface area contributed by atoms with Crippen molar-refractivity contribution in [1.82, 2.24) is 9.71 Å². The zero-order valence-electron chi connectivity index (χ0n) is 9.14. The number of nitrogens with zero attached hydrogens (tertiary/aromatic N) is 1. The fraction of sp³-hybridized carbons (Fsp3) is 0.500. The number of carbonyl (C=O) groups is 1. The molecule has 1 rings (SSSR count). The fourth-order valence-corrected chi connectivity index (χ4v) is 3.01. The Morgan fingerprint density at radius 1 is 1.50 bits per heavy atom. The molecule has 0 aromatic carbocycles. The van der Waals surface area contributed by atoms with Crippen LogP contribution in [0.5, 0.6) is 0 Å². The van der Waals surface area contributed by atoms with Gasteiger partial charge in [-0.25, -0.2) is 9.71 Å². The normalized spacial score (nSPS) is 11.8. The second kappa shape index (κ2) is 4.89. The summed E-state index contributed by atoms with van der Waals surface area (Å²) in [5, 5.41) is 1.69. The van der Waals surface area contributed by atoms with Crippen molar-refractivity contribution in [2.75, 3.05) is 4.72 Å². The second-order valence-corrected chi connectivity index (χ2v) is 5.78. The molecule has 8 heteroatoms. The first kappa shape index (κ1) is 13.1. The standard InChI is InChI=1S/C8H13N3O3S2/c1-5(2)10-16(13,14)11-8-9-7(4-15-8)6(3)12/h4-5,10H,1-3H3,(H,9,11). The van der Waals surface area contributed by atoms with Gasteiger partial charge in [-0.3, -0.25) is 4.79 Å². The van der Waals surface area contributed by atoms with Crippen molar-refractivity contribution in [1.29, 1.82) is 0 Å². The maximum Gasteiger partial charge on any atom is 0.301 e. The number of hydrogen-bond donors (Lipinski definition) is 2. The van der Waals surface area contributed by atoms with E-state index in [0.717, 1.165) is 11.3 Å². The molecule has 0 aliphatic heterocycles. The van der Waals surface area contributed by atoms with Crippen molar-refractivity contribution < 1.29 is 13.2 Å². The summed E-state index contributed by atoms with van der Waals surface area (Å²) in [6.45, 7) is 4.80. The number of anilines is 1. The van der Waals surface area contributed by atoms with Crippen molar-refractivity contribution in [2.45, 2.75) is 26.8 Å². The lowest BCUT2D eigenvalue weighted by atomic mass is 10.4. The monoisotopic (exact) mass is 263 g/mol. The minimum Gasteiger partial charge on any atom is -0.293 e. The average molecular weight is 263 g/mol. The van der Waals surface area contributed by atoms with Crippen LogP contribution in [0.1, 0.15) is 31.3 Å². The molecule has 0 radical (unpaired) electrons. The van der Waals surface area contributed by atoms with E-state index in [-0.39, 0.29) is 22.7 Å². The van der Waals surface area contributed by atoms with Crippen LogP contribution in [0.4, 0.5) is 5.13 Å². The van der Waals surface area contributed by atoms with Gasteiger partial charge in [0.1, 0.15) is 5.69 Å². The van der Waals surface area contributed by atoms with Crippen molar-refractivity contribution in [3.8, 4) is 0 Å². The molecule has 0 spiro atoms. The maximum atomic E-state index is 11.4. The minimum absolute atomic E-state index is 0.179. The molecule has 1 aromatic heterocycles. The Balaban J connectivity index is 2.77. The third-order valence-electron chi connectivity index (χ3n) is 1.48. The van der Waals surface area contributed by atoms with E-state index in [1.165, 1.54) is 12.3 Å². The van der Waals surface area contributed by atoms with Gasteiger partial charge >= 0.3 is 10.2 Å². The molecule has 0 aliphatic carbocycles. The van der Waals surface area contributed by atoms with Crippen LogP contribution in [0.15, 0.2) is 5.38 Å². The SMILES string of the molecule is CC(=O)c1csc(NS(=O)(=O)NC(C)C)n1. The lowest BCUT2D eigenvalue weighted by Crippen LogP contribution is -2.35. The molecule has 6 nitrogen and oxygen atoms in total. The third kappa shape index (κ3) is 3.87. The summed E-state index contributed by atoms with van der Waals surface area (Å²) in [6.07, 6.45) is 0. The highest BCUT2D eigenvalue weighted by Gasteiger charge is 2.14. The number of ketones is 1. The van der Waals surface area contributed by atoms with Gasteiger partial charge in [-0.15, -0.1) is 11.3 Å². The van der Waals surface area contributed by atoms with Crippen LogP contribution in [0.25, 0.3) is 0 Å². The van der Waals surface area contributed by atoms with E-state index in [1.54, 1.807) is 13.8 Å². The summed E-state index contributed by atoms with van der Waals surface area (Å²) in [6, 6.07) is -0.204. The molecule has 16 heavy (non-hydrogen) atoms. The Labute approximate surface area is 98.3 Å². The summed E-state index contributed by atoms with van der Waals surface area (Å²) in [5.41, 5.74) is 0.257. The van der Waals surface area contributed by atoms with Gasteiger partial charge in [0, 0.05) is 18.3 Å². The molecule has 1 aromatic rings. The van der Waals surface area contributed by atoms with Gasteiger partial charge in [0.25, 0.3) is 0 Å². The topological polar surface area (TPSA) is 88.2 Å². The van der Waals surface area contributed by atoms with Crippen LogP contribution in [0.2, 0.25) is 0 Å². The number of Topliss-reactive ketones (excluding diaryl/α,β-unsaturated/α-hetero) is 1. The Morgan fingerprint density at radius 3 is 2.56 bits per heavy atom. The Bertz CT molecular complexity index is 478. The van der Waals surface area contributed by atoms with Crippen molar-refractivity contribution in [3.05, 3.63) is 11.1 Å². The number of aromatic nitrogens is 1. The van der Waals surface area contributed by atoms with E-state index in [2.05, 4.69) is 14.4 Å². The van der Waals surface area contributed by atoms with Gasteiger partial charge in [-0.1, -0.05) is 0 Å². The Morgan fingerprint density at radius 2 is 2.12 bits per heavy atom. The molecular formula is C8H13N3O3S2. The molecule has 0 atom stereocenters. The maximum absolute atomic E-state index is 11.4. The Kier molecular flexibility index (Phi) is 4.00. The quantitative estimate of drug-likeness (QED) is 0.776. The fourth-order valence-electron chi connectivity index (χ4n) is 0.937. The third-order valence-corrected chi connectivity index (χ3v) is 3.61. The summed E-state index contributed by atoms with van der Waals surface area (Å²) >= 11 is 1.07. The van der Waals surface area contributed by atoms with Crippen LogP contribution >= 0.6 is 11.3 Å². The summed E-state index contributed by atoms with van der Waals surface area (Å²) in [4.78, 5) is 14.8. The highest BCUT2D eigenvalue weighted by molar-refractivity contribution is 7.91. The number of nitrogens with one attached hydrogen (secondary N) is 2. The number of rotatable bonds is 5. The van der Waals surface area contributed by atoms with Crippen LogP contribution < -0.4 is 9.44 Å². The van der Waals surface area contributed by atoms with Gasteiger partial charge < -0.3 is 0 Å². The van der Waals surface area contributed by atoms with Crippen molar-refractivity contribution >= 4 is 32.5 Å². The lowest BCUT2D eigenvalue weighted by molar-refractivity contribution is 0.101. The van der Waals surface area contributed by atoms with Crippen molar-refractivity contribution in [3.63, 3.8) is 0 Å². The van der Waals surface area contributed by atoms with Gasteiger partial charge in [0.15, 0.2) is 10.9 Å². The van der Waals surface area contributed by atoms with E-state index in [9.17, 15) is 13.2 Å². The highest BCUT2D eigenvalue weighted by Crippen LogP contribution is 2.16. The first-order valence-electron chi connectivity index (χ1n) is 4.56. The summed E-state index contributed by atoms with van der Waals surface area (Å²) in [5.74, 6) is -0.196. The predicted molar refractivity (Wildman–Crippen MR) is 62.9 cm³/mol. The molecule has 2 N–H and O–H groups in total.